The molecule has 2 saturated carbocycles. The van der Waals surface area contributed by atoms with E-state index in [-0.39, 0.29) is 33.0 Å². The monoisotopic (exact) mass is 467 g/mol. The summed E-state index contributed by atoms with van der Waals surface area (Å²) in [6.07, 6.45) is 2.30. The Kier molecular flexibility index (Phi) is 5.52. The molecule has 2 unspecified atom stereocenters. The van der Waals surface area contributed by atoms with E-state index in [1.165, 1.54) is 24.3 Å². The van der Waals surface area contributed by atoms with E-state index in [4.69, 9.17) is 11.6 Å². The van der Waals surface area contributed by atoms with Crippen LogP contribution >= 0.6 is 11.6 Å². The molecule has 6 nitrogen and oxygen atoms in total. The number of aliphatic hydroxyl groups is 1. The molecule has 0 radical (unpaired) electrons. The fraction of sp³-hybridized carbons (Fsp3) is 0.409. The van der Waals surface area contributed by atoms with E-state index in [0.29, 0.717) is 12.8 Å². The van der Waals surface area contributed by atoms with Gasteiger partial charge >= 0.3 is 0 Å². The highest BCUT2D eigenvalue weighted by Crippen LogP contribution is 2.51. The minimum Gasteiger partial charge on any atom is -0.505 e. The van der Waals surface area contributed by atoms with Crippen molar-refractivity contribution in [3.05, 3.63) is 52.8 Å². The first-order valence-electron chi connectivity index (χ1n) is 10.1. The van der Waals surface area contributed by atoms with Crippen molar-refractivity contribution in [2.75, 3.05) is 5.32 Å². The largest absolute Gasteiger partial charge is 0.505 e. The van der Waals surface area contributed by atoms with Crippen molar-refractivity contribution in [2.24, 2.45) is 11.8 Å². The summed E-state index contributed by atoms with van der Waals surface area (Å²) >= 11 is 6.21. The molecule has 2 aromatic carbocycles. The molecule has 0 spiro atoms. The van der Waals surface area contributed by atoms with Crippen LogP contribution in [0.5, 0.6) is 5.75 Å². The Balaban J connectivity index is 1.60. The number of amides is 1. The third kappa shape index (κ3) is 3.92. The molecule has 2 aliphatic carbocycles. The molecule has 2 aliphatic rings. The number of aromatic hydroxyl groups is 1. The Hall–Kier alpha value is -2.16. The second-order valence-corrected chi connectivity index (χ2v) is 11.2. The van der Waals surface area contributed by atoms with Gasteiger partial charge in [0.05, 0.1) is 20.8 Å². The summed E-state index contributed by atoms with van der Waals surface area (Å²) in [7, 11) is -3.82. The smallest absolute Gasteiger partial charge is 0.255 e. The van der Waals surface area contributed by atoms with Crippen LogP contribution in [0.15, 0.2) is 41.3 Å². The first-order valence-corrected chi connectivity index (χ1v) is 12.0. The molecule has 0 heterocycles. The topological polar surface area (TPSA) is 104 Å². The Labute approximate surface area is 185 Å². The zero-order valence-corrected chi connectivity index (χ0v) is 18.4. The average Bonchev–Trinajstić information content (AvgIpc) is 2.87. The van der Waals surface area contributed by atoms with Gasteiger partial charge in [-0.1, -0.05) is 11.6 Å². The fourth-order valence-corrected chi connectivity index (χ4v) is 7.25. The first kappa shape index (κ1) is 22.0. The maximum Gasteiger partial charge on any atom is 0.255 e. The van der Waals surface area contributed by atoms with Gasteiger partial charge in [-0.25, -0.2) is 12.8 Å². The van der Waals surface area contributed by atoms with E-state index >= 15 is 0 Å². The minimum atomic E-state index is -3.82. The molecule has 31 heavy (non-hydrogen) atoms. The summed E-state index contributed by atoms with van der Waals surface area (Å²) in [4.78, 5) is 12.5. The molecule has 0 aromatic heterocycles. The van der Waals surface area contributed by atoms with Gasteiger partial charge in [0.15, 0.2) is 21.4 Å². The van der Waals surface area contributed by atoms with Crippen molar-refractivity contribution in [2.45, 2.75) is 48.4 Å². The van der Waals surface area contributed by atoms with Crippen LogP contribution in [-0.4, -0.2) is 35.4 Å². The molecular formula is C22H23ClFNO5S. The number of rotatable bonds is 4. The highest BCUT2D eigenvalue weighted by atomic mass is 35.5. The van der Waals surface area contributed by atoms with Gasteiger partial charge in [-0.15, -0.1) is 0 Å². The summed E-state index contributed by atoms with van der Waals surface area (Å²) in [6.45, 7) is 1.78. The predicted octanol–water partition coefficient (Wildman–Crippen LogP) is 4.15. The van der Waals surface area contributed by atoms with Crippen LogP contribution in [0.1, 0.15) is 43.0 Å². The number of fused-ring (bicyclic) bond motifs is 2. The van der Waals surface area contributed by atoms with Gasteiger partial charge in [-0.3, -0.25) is 4.79 Å². The Morgan fingerprint density at radius 3 is 2.42 bits per heavy atom. The molecule has 2 fully saturated rings. The zero-order valence-electron chi connectivity index (χ0n) is 16.8. The molecule has 0 aliphatic heterocycles. The van der Waals surface area contributed by atoms with Crippen LogP contribution < -0.4 is 5.32 Å². The molecule has 2 atom stereocenters. The molecule has 2 aromatic rings. The van der Waals surface area contributed by atoms with Crippen LogP contribution in [0.4, 0.5) is 10.1 Å². The molecule has 9 heteroatoms. The highest BCUT2D eigenvalue weighted by Gasteiger charge is 2.53. The van der Waals surface area contributed by atoms with E-state index in [1.807, 2.05) is 0 Å². The number of carbonyl (C=O) groups is 1. The van der Waals surface area contributed by atoms with Crippen molar-refractivity contribution in [3.8, 4) is 5.75 Å². The maximum atomic E-state index is 13.4. The Morgan fingerprint density at radius 1 is 1.16 bits per heavy atom. The lowest BCUT2D eigenvalue weighted by molar-refractivity contribution is -0.0413. The molecular weight excluding hydrogens is 445 g/mol. The molecule has 0 saturated heterocycles. The number of hydrogen-bond acceptors (Lipinski definition) is 5. The number of nitrogens with one attached hydrogen (secondary N) is 1. The summed E-state index contributed by atoms with van der Waals surface area (Å²) < 4.78 is 40.0. The van der Waals surface area contributed by atoms with Crippen molar-refractivity contribution < 1.29 is 27.8 Å². The van der Waals surface area contributed by atoms with E-state index in [1.54, 1.807) is 6.92 Å². The number of hydrogen-bond donors (Lipinski definition) is 3. The lowest BCUT2D eigenvalue weighted by Crippen LogP contribution is -2.45. The number of phenolic OH excluding ortho intramolecular Hbond substituents is 1. The van der Waals surface area contributed by atoms with Gasteiger partial charge in [0.2, 0.25) is 0 Å². The standard InChI is InChI=1S/C22H23ClFNO5S/c1-22(28)13-3-4-14(22)10-16(9-13)31(29,30)20-8-12(2-6-17(20)23)21(27)25-15-5-7-18(24)19(26)11-15/h2,5-8,11,13-14,16,26,28H,3-4,9-10H2,1H3,(H,25,27)/t13?,14?,16-,22-. The number of sulfone groups is 1. The van der Waals surface area contributed by atoms with Gasteiger partial charge in [0.1, 0.15) is 0 Å². The molecule has 1 amide bonds. The van der Waals surface area contributed by atoms with Crippen LogP contribution in [0.2, 0.25) is 5.02 Å². The molecule has 4 rings (SSSR count). The van der Waals surface area contributed by atoms with Crippen molar-refractivity contribution >= 4 is 33.0 Å². The number of anilines is 1. The van der Waals surface area contributed by atoms with Gasteiger partial charge in [0.25, 0.3) is 5.91 Å². The van der Waals surface area contributed by atoms with Crippen LogP contribution in [0.3, 0.4) is 0 Å². The van der Waals surface area contributed by atoms with E-state index < -0.39 is 38.2 Å². The second kappa shape index (κ2) is 7.76. The van der Waals surface area contributed by atoms with Crippen molar-refractivity contribution in [1.29, 1.82) is 0 Å². The fourth-order valence-electron chi connectivity index (χ4n) is 4.85. The number of halogens is 2. The number of benzene rings is 2. The Bertz CT molecular complexity index is 1130. The van der Waals surface area contributed by atoms with Crippen LogP contribution in [0, 0.1) is 17.7 Å². The van der Waals surface area contributed by atoms with Crippen molar-refractivity contribution in [1.82, 2.24) is 0 Å². The SMILES string of the molecule is C[C@]1(O)C2CCC1C[C@@H](S(=O)(=O)c1cc(C(=O)Nc3ccc(F)c(O)c3)ccc1Cl)C2. The van der Waals surface area contributed by atoms with E-state index in [0.717, 1.165) is 25.0 Å². The lowest BCUT2D eigenvalue weighted by Gasteiger charge is -2.40. The van der Waals surface area contributed by atoms with Crippen molar-refractivity contribution in [3.63, 3.8) is 0 Å². The third-order valence-corrected chi connectivity index (χ3v) is 9.41. The van der Waals surface area contributed by atoms with E-state index in [2.05, 4.69) is 5.32 Å². The maximum absolute atomic E-state index is 13.4. The predicted molar refractivity (Wildman–Crippen MR) is 115 cm³/mol. The molecule has 166 valence electrons. The third-order valence-electron chi connectivity index (χ3n) is 6.75. The summed E-state index contributed by atoms with van der Waals surface area (Å²) in [5.41, 5.74) is -0.620. The van der Waals surface area contributed by atoms with Crippen LogP contribution in [0.25, 0.3) is 0 Å². The van der Waals surface area contributed by atoms with Gasteiger partial charge in [0, 0.05) is 17.3 Å². The van der Waals surface area contributed by atoms with E-state index in [9.17, 15) is 27.8 Å². The molecule has 2 bridgehead atoms. The van der Waals surface area contributed by atoms with Gasteiger partial charge < -0.3 is 15.5 Å². The summed E-state index contributed by atoms with van der Waals surface area (Å²) in [5.74, 6) is -2.21. The number of carbonyl (C=O) groups excluding carboxylic acids is 1. The second-order valence-electron chi connectivity index (χ2n) is 8.60. The molecule has 3 N–H and O–H groups in total. The quantitative estimate of drug-likeness (QED) is 0.626. The average molecular weight is 468 g/mol. The highest BCUT2D eigenvalue weighted by molar-refractivity contribution is 7.92. The van der Waals surface area contributed by atoms with Gasteiger partial charge in [-0.05, 0) is 74.8 Å². The van der Waals surface area contributed by atoms with Crippen LogP contribution in [-0.2, 0) is 9.84 Å². The van der Waals surface area contributed by atoms with Gasteiger partial charge in [-0.2, -0.15) is 0 Å². The zero-order chi connectivity index (χ0) is 22.6. The first-order chi connectivity index (χ1) is 14.5. The number of phenols is 1. The summed E-state index contributed by atoms with van der Waals surface area (Å²) in [5, 5.41) is 22.0. The Morgan fingerprint density at radius 2 is 1.81 bits per heavy atom. The summed E-state index contributed by atoms with van der Waals surface area (Å²) in [6, 6.07) is 7.35. The lowest BCUT2D eigenvalue weighted by atomic mass is 9.76. The minimum absolute atomic E-state index is 0.0284. The normalized spacial score (nSPS) is 27.8.